The molecule has 1 aliphatic carbocycles. The van der Waals surface area contributed by atoms with E-state index in [4.69, 9.17) is 14.2 Å². The average molecular weight is 555 g/mol. The molecule has 41 heavy (non-hydrogen) atoms. The summed E-state index contributed by atoms with van der Waals surface area (Å²) in [6.07, 6.45) is 5.94. The normalized spacial score (nSPS) is 21.7. The summed E-state index contributed by atoms with van der Waals surface area (Å²) < 4.78 is 18.5. The first-order valence-corrected chi connectivity index (χ1v) is 14.3. The molecule has 1 unspecified atom stereocenters. The van der Waals surface area contributed by atoms with Crippen molar-refractivity contribution in [3.63, 3.8) is 0 Å². The van der Waals surface area contributed by atoms with Crippen LogP contribution >= 0.6 is 0 Å². The van der Waals surface area contributed by atoms with E-state index in [2.05, 4.69) is 34.2 Å². The molecule has 2 aliphatic heterocycles. The summed E-state index contributed by atoms with van der Waals surface area (Å²) in [6.45, 7) is 2.79. The quantitative estimate of drug-likeness (QED) is 0.444. The van der Waals surface area contributed by atoms with Gasteiger partial charge in [0.05, 0.1) is 17.8 Å². The molecule has 6 rings (SSSR count). The SMILES string of the molecule is CN(c1c(C#N)c(=O)n(C)c2ccc(C#N)nc12)C1CCC(N(CC2CCCOC2)c2ccc3c(c2)OCO3)CC1. The highest BCUT2D eigenvalue weighted by atomic mass is 16.7. The third kappa shape index (κ3) is 5.05. The zero-order valence-corrected chi connectivity index (χ0v) is 23.5. The molecule has 10 heteroatoms. The number of fused-ring (bicyclic) bond motifs is 2. The Morgan fingerprint density at radius 3 is 2.54 bits per heavy atom. The molecule has 4 heterocycles. The van der Waals surface area contributed by atoms with E-state index in [1.165, 1.54) is 4.57 Å². The molecule has 1 aromatic carbocycles. The molecule has 3 aliphatic rings. The number of nitriles is 2. The standard InChI is InChI=1S/C31H34N6O4/c1-35(30-25(16-33)31(38)36(2)26-11-5-21(15-32)34-29(26)30)22-6-8-23(9-7-22)37(17-20-4-3-13-39-18-20)24-10-12-27-28(14-24)41-19-40-27/h5,10-12,14,20,22-23H,3-4,6-9,13,17-19H2,1-2H3. The van der Waals surface area contributed by atoms with E-state index in [0.717, 1.165) is 75.5 Å². The number of hydrogen-bond acceptors (Lipinski definition) is 9. The molecule has 0 spiro atoms. The van der Waals surface area contributed by atoms with Crippen molar-refractivity contribution in [1.82, 2.24) is 9.55 Å². The predicted molar refractivity (Wildman–Crippen MR) is 154 cm³/mol. The average Bonchev–Trinajstić information content (AvgIpc) is 3.49. The second-order valence-corrected chi connectivity index (χ2v) is 11.2. The Hall–Kier alpha value is -4.28. The van der Waals surface area contributed by atoms with Crippen LogP contribution in [0.3, 0.4) is 0 Å². The molecule has 2 fully saturated rings. The molecule has 0 radical (unpaired) electrons. The molecular formula is C31H34N6O4. The Balaban J connectivity index is 1.27. The van der Waals surface area contributed by atoms with Crippen LogP contribution in [0.4, 0.5) is 11.4 Å². The molecule has 1 saturated heterocycles. The number of aryl methyl sites for hydroxylation is 1. The number of anilines is 2. The van der Waals surface area contributed by atoms with Crippen LogP contribution in [0.15, 0.2) is 35.1 Å². The summed E-state index contributed by atoms with van der Waals surface area (Å²) in [5.74, 6) is 2.04. The fourth-order valence-corrected chi connectivity index (χ4v) is 6.60. The predicted octanol–water partition coefficient (Wildman–Crippen LogP) is 4.09. The molecule has 1 saturated carbocycles. The number of pyridine rings is 2. The highest BCUT2D eigenvalue weighted by molar-refractivity contribution is 5.92. The van der Waals surface area contributed by atoms with Crippen molar-refractivity contribution in [2.24, 2.45) is 13.0 Å². The van der Waals surface area contributed by atoms with Crippen molar-refractivity contribution >= 4 is 22.4 Å². The first kappa shape index (κ1) is 26.9. The van der Waals surface area contributed by atoms with Gasteiger partial charge < -0.3 is 28.6 Å². The minimum Gasteiger partial charge on any atom is -0.454 e. The van der Waals surface area contributed by atoms with E-state index in [0.29, 0.717) is 28.7 Å². The summed E-state index contributed by atoms with van der Waals surface area (Å²) in [5.41, 5.74) is 2.72. The first-order chi connectivity index (χ1) is 20.0. The molecule has 10 nitrogen and oxygen atoms in total. The lowest BCUT2D eigenvalue weighted by Gasteiger charge is -2.43. The van der Waals surface area contributed by atoms with Crippen LogP contribution in [0, 0.1) is 28.6 Å². The zero-order valence-electron chi connectivity index (χ0n) is 23.5. The number of ether oxygens (including phenoxy) is 3. The van der Waals surface area contributed by atoms with E-state index in [9.17, 15) is 15.3 Å². The molecule has 1 atom stereocenters. The monoisotopic (exact) mass is 554 g/mol. The Morgan fingerprint density at radius 1 is 1.02 bits per heavy atom. The highest BCUT2D eigenvalue weighted by Crippen LogP contribution is 2.39. The van der Waals surface area contributed by atoms with E-state index < -0.39 is 0 Å². The van der Waals surface area contributed by atoms with Crippen molar-refractivity contribution in [3.8, 4) is 23.6 Å². The smallest absolute Gasteiger partial charge is 0.270 e. The third-order valence-electron chi connectivity index (χ3n) is 8.85. The lowest BCUT2D eigenvalue weighted by atomic mass is 9.87. The summed E-state index contributed by atoms with van der Waals surface area (Å²) >= 11 is 0. The molecule has 212 valence electrons. The van der Waals surface area contributed by atoms with Crippen LogP contribution < -0.4 is 24.8 Å². The first-order valence-electron chi connectivity index (χ1n) is 14.3. The van der Waals surface area contributed by atoms with Gasteiger partial charge in [0.1, 0.15) is 28.9 Å². The second kappa shape index (κ2) is 11.3. The summed E-state index contributed by atoms with van der Waals surface area (Å²) in [7, 11) is 3.58. The summed E-state index contributed by atoms with van der Waals surface area (Å²) in [4.78, 5) is 22.2. The third-order valence-corrected chi connectivity index (χ3v) is 8.85. The van der Waals surface area contributed by atoms with Crippen LogP contribution in [-0.2, 0) is 11.8 Å². The fourth-order valence-electron chi connectivity index (χ4n) is 6.60. The van der Waals surface area contributed by atoms with Gasteiger partial charge >= 0.3 is 0 Å². The number of aromatic nitrogens is 2. The minimum absolute atomic E-state index is 0.0616. The van der Waals surface area contributed by atoms with Crippen LogP contribution in [0.1, 0.15) is 49.8 Å². The molecule has 0 N–H and O–H groups in total. The van der Waals surface area contributed by atoms with Gasteiger partial charge in [-0.3, -0.25) is 4.79 Å². The topological polar surface area (TPSA) is 117 Å². The van der Waals surface area contributed by atoms with Crippen LogP contribution in [0.5, 0.6) is 11.5 Å². The van der Waals surface area contributed by atoms with Crippen molar-refractivity contribution in [1.29, 1.82) is 10.5 Å². The van der Waals surface area contributed by atoms with E-state index in [1.54, 1.807) is 19.2 Å². The van der Waals surface area contributed by atoms with Crippen LogP contribution in [-0.4, -0.2) is 55.2 Å². The Kier molecular flexibility index (Phi) is 7.42. The van der Waals surface area contributed by atoms with Gasteiger partial charge in [0.15, 0.2) is 11.5 Å². The van der Waals surface area contributed by atoms with Crippen LogP contribution in [0.25, 0.3) is 11.0 Å². The largest absolute Gasteiger partial charge is 0.454 e. The van der Waals surface area contributed by atoms with E-state index in [-0.39, 0.29) is 29.7 Å². The Labute approximate surface area is 239 Å². The molecule has 0 amide bonds. The minimum atomic E-state index is -0.356. The summed E-state index contributed by atoms with van der Waals surface area (Å²) in [5, 5.41) is 19.5. The second-order valence-electron chi connectivity index (χ2n) is 11.2. The Morgan fingerprint density at radius 2 is 1.80 bits per heavy atom. The number of nitrogens with zero attached hydrogens (tertiary/aromatic N) is 6. The molecule has 2 aromatic heterocycles. The Bertz CT molecular complexity index is 1590. The maximum absolute atomic E-state index is 13.1. The zero-order chi connectivity index (χ0) is 28.5. The van der Waals surface area contributed by atoms with Gasteiger partial charge in [0.2, 0.25) is 6.79 Å². The maximum Gasteiger partial charge on any atom is 0.270 e. The van der Waals surface area contributed by atoms with Gasteiger partial charge in [-0.25, -0.2) is 4.98 Å². The molecule has 0 bridgehead atoms. The van der Waals surface area contributed by atoms with E-state index >= 15 is 0 Å². The number of benzene rings is 1. The number of hydrogen-bond donors (Lipinski definition) is 0. The number of rotatable bonds is 6. The van der Waals surface area contributed by atoms with Gasteiger partial charge in [0, 0.05) is 51.1 Å². The molecule has 3 aromatic rings. The van der Waals surface area contributed by atoms with Crippen molar-refractivity contribution in [3.05, 3.63) is 51.9 Å². The van der Waals surface area contributed by atoms with Gasteiger partial charge in [-0.2, -0.15) is 10.5 Å². The van der Waals surface area contributed by atoms with Gasteiger partial charge in [-0.1, -0.05) is 0 Å². The van der Waals surface area contributed by atoms with Gasteiger partial charge in [-0.05, 0) is 68.7 Å². The lowest BCUT2D eigenvalue weighted by molar-refractivity contribution is 0.0562. The van der Waals surface area contributed by atoms with Crippen LogP contribution in [0.2, 0.25) is 0 Å². The van der Waals surface area contributed by atoms with Gasteiger partial charge in [-0.15, -0.1) is 0 Å². The summed E-state index contributed by atoms with van der Waals surface area (Å²) in [6, 6.07) is 14.2. The van der Waals surface area contributed by atoms with Crippen molar-refractivity contribution < 1.29 is 14.2 Å². The highest BCUT2D eigenvalue weighted by Gasteiger charge is 2.33. The van der Waals surface area contributed by atoms with E-state index in [1.807, 2.05) is 18.0 Å². The van der Waals surface area contributed by atoms with Crippen molar-refractivity contribution in [2.75, 3.05) is 43.4 Å². The van der Waals surface area contributed by atoms with Gasteiger partial charge in [0.25, 0.3) is 5.56 Å². The lowest BCUT2D eigenvalue weighted by Crippen LogP contribution is -2.46. The van der Waals surface area contributed by atoms with Crippen molar-refractivity contribution in [2.45, 2.75) is 50.6 Å². The molecular weight excluding hydrogens is 520 g/mol. The maximum atomic E-state index is 13.1. The fraction of sp³-hybridized carbons (Fsp3) is 0.484.